The number of nitrogens with one attached hydrogen (secondary N) is 2. The van der Waals surface area contributed by atoms with E-state index in [0.717, 1.165) is 11.1 Å². The van der Waals surface area contributed by atoms with Crippen molar-refractivity contribution in [3.63, 3.8) is 0 Å². The Balaban J connectivity index is 1.45. The average Bonchev–Trinajstić information content (AvgIpc) is 3.16. The highest BCUT2D eigenvalue weighted by Gasteiger charge is 2.27. The van der Waals surface area contributed by atoms with Gasteiger partial charge in [0.05, 0.1) is 17.1 Å². The molecule has 1 amide bonds. The van der Waals surface area contributed by atoms with E-state index in [0.29, 0.717) is 30.9 Å². The van der Waals surface area contributed by atoms with Gasteiger partial charge < -0.3 is 5.32 Å². The van der Waals surface area contributed by atoms with Gasteiger partial charge >= 0.3 is 0 Å². The van der Waals surface area contributed by atoms with Gasteiger partial charge in [0, 0.05) is 12.1 Å². The SMILES string of the molecule is NS(=O)(=O)c1ccc(CCN[C@@H]2CNC(=O)c3cc(-c4ccc(F)cc4)nn32)cc1. The Bertz CT molecular complexity index is 1170. The van der Waals surface area contributed by atoms with E-state index in [2.05, 4.69) is 15.7 Å². The summed E-state index contributed by atoms with van der Waals surface area (Å²) in [7, 11) is -3.71. The Morgan fingerprint density at radius 3 is 2.53 bits per heavy atom. The number of fused-ring (bicyclic) bond motifs is 1. The van der Waals surface area contributed by atoms with Crippen LogP contribution in [0.2, 0.25) is 0 Å². The third-order valence-corrected chi connectivity index (χ3v) is 5.83. The van der Waals surface area contributed by atoms with Crippen LogP contribution in [0.15, 0.2) is 59.5 Å². The maximum absolute atomic E-state index is 13.2. The van der Waals surface area contributed by atoms with Crippen molar-refractivity contribution in [1.29, 1.82) is 0 Å². The number of carbonyl (C=O) groups excluding carboxylic acids is 1. The van der Waals surface area contributed by atoms with E-state index < -0.39 is 10.0 Å². The van der Waals surface area contributed by atoms with Crippen molar-refractivity contribution in [2.75, 3.05) is 13.1 Å². The molecule has 0 unspecified atom stereocenters. The Kier molecular flexibility index (Phi) is 5.37. The monoisotopic (exact) mass is 429 g/mol. The van der Waals surface area contributed by atoms with E-state index in [4.69, 9.17) is 5.14 Å². The fraction of sp³-hybridized carbons (Fsp3) is 0.200. The van der Waals surface area contributed by atoms with Gasteiger partial charge in [0.25, 0.3) is 5.91 Å². The Morgan fingerprint density at radius 1 is 1.17 bits per heavy atom. The van der Waals surface area contributed by atoms with Crippen molar-refractivity contribution >= 4 is 15.9 Å². The molecule has 2 aromatic carbocycles. The van der Waals surface area contributed by atoms with E-state index in [1.54, 1.807) is 35.0 Å². The van der Waals surface area contributed by atoms with Crippen LogP contribution in [0.3, 0.4) is 0 Å². The molecule has 1 aromatic heterocycles. The molecule has 4 N–H and O–H groups in total. The molecule has 0 aliphatic carbocycles. The normalized spacial score (nSPS) is 16.2. The number of primary sulfonamides is 1. The summed E-state index contributed by atoms with van der Waals surface area (Å²) in [5, 5.41) is 15.8. The minimum Gasteiger partial charge on any atom is -0.347 e. The maximum Gasteiger partial charge on any atom is 0.269 e. The van der Waals surface area contributed by atoms with Crippen molar-refractivity contribution in [2.45, 2.75) is 17.5 Å². The fourth-order valence-electron chi connectivity index (χ4n) is 3.32. The predicted molar refractivity (Wildman–Crippen MR) is 109 cm³/mol. The lowest BCUT2D eigenvalue weighted by atomic mass is 10.1. The number of amides is 1. The van der Waals surface area contributed by atoms with Crippen LogP contribution in [0.25, 0.3) is 11.3 Å². The third kappa shape index (κ3) is 4.25. The summed E-state index contributed by atoms with van der Waals surface area (Å²) >= 11 is 0. The number of nitrogens with zero attached hydrogens (tertiary/aromatic N) is 2. The summed E-state index contributed by atoms with van der Waals surface area (Å²) in [6.45, 7) is 0.959. The van der Waals surface area contributed by atoms with Gasteiger partial charge in [-0.05, 0) is 54.4 Å². The second-order valence-electron chi connectivity index (χ2n) is 6.99. The summed E-state index contributed by atoms with van der Waals surface area (Å²) in [6.07, 6.45) is 0.409. The lowest BCUT2D eigenvalue weighted by molar-refractivity contribution is 0.0900. The molecular formula is C20H20FN5O3S. The fourth-order valence-corrected chi connectivity index (χ4v) is 3.83. The molecule has 10 heteroatoms. The lowest BCUT2D eigenvalue weighted by Crippen LogP contribution is -2.45. The van der Waals surface area contributed by atoms with Gasteiger partial charge in [-0.15, -0.1) is 0 Å². The third-order valence-electron chi connectivity index (χ3n) is 4.91. The van der Waals surface area contributed by atoms with Crippen LogP contribution < -0.4 is 15.8 Å². The first-order valence-corrected chi connectivity index (χ1v) is 10.8. The van der Waals surface area contributed by atoms with E-state index in [-0.39, 0.29) is 22.8 Å². The molecule has 156 valence electrons. The molecule has 1 aliphatic heterocycles. The molecule has 0 saturated carbocycles. The number of hydrogen-bond acceptors (Lipinski definition) is 5. The number of sulfonamides is 1. The summed E-state index contributed by atoms with van der Waals surface area (Å²) in [6, 6.07) is 14.0. The molecule has 0 fully saturated rings. The highest BCUT2D eigenvalue weighted by molar-refractivity contribution is 7.89. The lowest BCUT2D eigenvalue weighted by Gasteiger charge is -2.25. The molecule has 0 spiro atoms. The largest absolute Gasteiger partial charge is 0.347 e. The minimum absolute atomic E-state index is 0.0729. The zero-order valence-electron chi connectivity index (χ0n) is 15.9. The van der Waals surface area contributed by atoms with Gasteiger partial charge in [-0.2, -0.15) is 5.10 Å². The highest BCUT2D eigenvalue weighted by Crippen LogP contribution is 2.23. The second kappa shape index (κ2) is 7.98. The number of aromatic nitrogens is 2. The first kappa shape index (κ1) is 20.2. The molecule has 2 heterocycles. The second-order valence-corrected chi connectivity index (χ2v) is 8.55. The molecule has 30 heavy (non-hydrogen) atoms. The number of benzene rings is 2. The van der Waals surface area contributed by atoms with Gasteiger partial charge in [-0.1, -0.05) is 12.1 Å². The zero-order chi connectivity index (χ0) is 21.3. The molecule has 1 atom stereocenters. The predicted octanol–water partition coefficient (Wildman–Crippen LogP) is 1.41. The summed E-state index contributed by atoms with van der Waals surface area (Å²) in [5.74, 6) is -0.551. The van der Waals surface area contributed by atoms with Gasteiger partial charge in [0.15, 0.2) is 0 Å². The zero-order valence-corrected chi connectivity index (χ0v) is 16.7. The van der Waals surface area contributed by atoms with Crippen molar-refractivity contribution in [3.8, 4) is 11.3 Å². The van der Waals surface area contributed by atoms with Crippen molar-refractivity contribution in [3.05, 3.63) is 71.7 Å². The number of nitrogens with two attached hydrogens (primary N) is 1. The topological polar surface area (TPSA) is 119 Å². The van der Waals surface area contributed by atoms with Crippen molar-refractivity contribution in [2.24, 2.45) is 5.14 Å². The summed E-state index contributed by atoms with van der Waals surface area (Å²) < 4.78 is 37.5. The molecule has 8 nitrogen and oxygen atoms in total. The number of rotatable bonds is 6. The van der Waals surface area contributed by atoms with Crippen LogP contribution in [0.1, 0.15) is 22.2 Å². The maximum atomic E-state index is 13.2. The van der Waals surface area contributed by atoms with Gasteiger partial charge in [-0.3, -0.25) is 10.1 Å². The Morgan fingerprint density at radius 2 is 1.87 bits per heavy atom. The van der Waals surface area contributed by atoms with E-state index in [1.807, 2.05) is 0 Å². The number of halogens is 1. The number of hydrogen-bond donors (Lipinski definition) is 3. The van der Waals surface area contributed by atoms with Gasteiger partial charge in [-0.25, -0.2) is 22.6 Å². The van der Waals surface area contributed by atoms with E-state index >= 15 is 0 Å². The van der Waals surface area contributed by atoms with Crippen LogP contribution >= 0.6 is 0 Å². The Labute approximate surface area is 172 Å². The van der Waals surface area contributed by atoms with Crippen LogP contribution in [-0.4, -0.2) is 37.2 Å². The molecule has 4 rings (SSSR count). The van der Waals surface area contributed by atoms with Crippen LogP contribution in [0.4, 0.5) is 4.39 Å². The summed E-state index contributed by atoms with van der Waals surface area (Å²) in [5.41, 5.74) is 2.69. The summed E-state index contributed by atoms with van der Waals surface area (Å²) in [4.78, 5) is 12.3. The van der Waals surface area contributed by atoms with Gasteiger partial charge in [0.2, 0.25) is 10.0 Å². The molecule has 0 radical (unpaired) electrons. The van der Waals surface area contributed by atoms with E-state index in [1.165, 1.54) is 24.3 Å². The molecule has 3 aromatic rings. The van der Waals surface area contributed by atoms with Crippen LogP contribution in [-0.2, 0) is 16.4 Å². The van der Waals surface area contributed by atoms with Crippen LogP contribution in [0, 0.1) is 5.82 Å². The smallest absolute Gasteiger partial charge is 0.269 e. The quantitative estimate of drug-likeness (QED) is 0.547. The molecular weight excluding hydrogens is 409 g/mol. The first-order valence-electron chi connectivity index (χ1n) is 9.30. The van der Waals surface area contributed by atoms with E-state index in [9.17, 15) is 17.6 Å². The standard InChI is InChI=1S/C20H20FN5O3S/c21-15-5-3-14(4-6-15)17-11-18-20(27)24-12-19(26(18)25-17)23-10-9-13-1-7-16(8-2-13)30(22,28)29/h1-8,11,19,23H,9-10,12H2,(H,24,27)(H2,22,28,29)/t19-/m0/s1. The molecule has 0 bridgehead atoms. The van der Waals surface area contributed by atoms with Crippen molar-refractivity contribution < 1.29 is 17.6 Å². The van der Waals surface area contributed by atoms with Crippen LogP contribution in [0.5, 0.6) is 0 Å². The van der Waals surface area contributed by atoms with Gasteiger partial charge in [0.1, 0.15) is 17.7 Å². The highest BCUT2D eigenvalue weighted by atomic mass is 32.2. The Hall–Kier alpha value is -3.08. The van der Waals surface area contributed by atoms with Crippen molar-refractivity contribution in [1.82, 2.24) is 20.4 Å². The average molecular weight is 429 g/mol. The number of carbonyl (C=O) groups is 1. The minimum atomic E-state index is -3.71. The molecule has 0 saturated heterocycles. The first-order chi connectivity index (χ1) is 14.3. The molecule has 1 aliphatic rings.